The topological polar surface area (TPSA) is 58.2 Å². The van der Waals surface area contributed by atoms with Gasteiger partial charge in [0, 0.05) is 19.0 Å². The van der Waals surface area contributed by atoms with Crippen molar-refractivity contribution in [2.24, 2.45) is 11.8 Å². The van der Waals surface area contributed by atoms with E-state index in [4.69, 9.17) is 0 Å². The molecule has 0 aliphatic carbocycles. The Morgan fingerprint density at radius 2 is 1.94 bits per heavy atom. The lowest BCUT2D eigenvalue weighted by atomic mass is 10.0. The SMILES string of the molecule is CCC(C)CCNC(=O)C[C@H](CC(C)C)NC=O. The largest absolute Gasteiger partial charge is 0.356 e. The second-order valence-corrected chi connectivity index (χ2v) is 5.47. The highest BCUT2D eigenvalue weighted by Crippen LogP contribution is 2.08. The van der Waals surface area contributed by atoms with E-state index in [2.05, 4.69) is 38.3 Å². The van der Waals surface area contributed by atoms with Gasteiger partial charge in [0.1, 0.15) is 0 Å². The van der Waals surface area contributed by atoms with Crippen molar-refractivity contribution in [1.82, 2.24) is 10.6 Å². The minimum atomic E-state index is -0.0499. The Balaban J connectivity index is 3.90. The molecule has 0 aromatic carbocycles. The van der Waals surface area contributed by atoms with Crippen LogP contribution in [0, 0.1) is 11.8 Å². The minimum Gasteiger partial charge on any atom is -0.356 e. The summed E-state index contributed by atoms with van der Waals surface area (Å²) < 4.78 is 0. The van der Waals surface area contributed by atoms with Gasteiger partial charge in [-0.15, -0.1) is 0 Å². The molecule has 0 saturated heterocycles. The maximum atomic E-state index is 11.7. The van der Waals surface area contributed by atoms with E-state index in [0.29, 0.717) is 24.7 Å². The third kappa shape index (κ3) is 9.02. The Labute approximate surface area is 111 Å². The Morgan fingerprint density at radius 3 is 2.44 bits per heavy atom. The van der Waals surface area contributed by atoms with Crippen molar-refractivity contribution in [1.29, 1.82) is 0 Å². The molecule has 106 valence electrons. The summed E-state index contributed by atoms with van der Waals surface area (Å²) in [6.45, 7) is 9.23. The van der Waals surface area contributed by atoms with E-state index in [9.17, 15) is 9.59 Å². The van der Waals surface area contributed by atoms with Crippen LogP contribution in [-0.2, 0) is 9.59 Å². The molecule has 0 aromatic heterocycles. The zero-order valence-corrected chi connectivity index (χ0v) is 12.2. The predicted octanol–water partition coefficient (Wildman–Crippen LogP) is 2.09. The van der Waals surface area contributed by atoms with Crippen LogP contribution in [-0.4, -0.2) is 24.9 Å². The van der Waals surface area contributed by atoms with E-state index in [1.807, 2.05) is 0 Å². The molecule has 4 nitrogen and oxygen atoms in total. The van der Waals surface area contributed by atoms with Gasteiger partial charge in [-0.25, -0.2) is 0 Å². The molecule has 0 bridgehead atoms. The number of carbonyl (C=O) groups is 2. The van der Waals surface area contributed by atoms with E-state index >= 15 is 0 Å². The lowest BCUT2D eigenvalue weighted by molar-refractivity contribution is -0.121. The molecule has 0 fully saturated rings. The van der Waals surface area contributed by atoms with Crippen molar-refractivity contribution in [2.45, 2.75) is 59.4 Å². The maximum absolute atomic E-state index is 11.7. The van der Waals surface area contributed by atoms with Gasteiger partial charge < -0.3 is 10.6 Å². The van der Waals surface area contributed by atoms with Gasteiger partial charge in [0.2, 0.25) is 12.3 Å². The molecule has 0 spiro atoms. The fourth-order valence-corrected chi connectivity index (χ4v) is 1.83. The minimum absolute atomic E-state index is 0.0262. The first-order valence-electron chi connectivity index (χ1n) is 6.95. The molecule has 1 unspecified atom stereocenters. The normalized spacial score (nSPS) is 14.1. The number of carbonyl (C=O) groups excluding carboxylic acids is 2. The van der Waals surface area contributed by atoms with Gasteiger partial charge in [0.05, 0.1) is 0 Å². The molecule has 0 aliphatic rings. The number of hydrogen-bond acceptors (Lipinski definition) is 2. The van der Waals surface area contributed by atoms with E-state index in [1.165, 1.54) is 0 Å². The Bertz CT molecular complexity index is 242. The van der Waals surface area contributed by atoms with Gasteiger partial charge in [-0.3, -0.25) is 9.59 Å². The summed E-state index contributed by atoms with van der Waals surface area (Å²) in [4.78, 5) is 22.2. The van der Waals surface area contributed by atoms with Crippen molar-refractivity contribution >= 4 is 12.3 Å². The Hall–Kier alpha value is -1.06. The van der Waals surface area contributed by atoms with Crippen LogP contribution in [0.1, 0.15) is 53.4 Å². The fourth-order valence-electron chi connectivity index (χ4n) is 1.83. The number of rotatable bonds is 10. The smallest absolute Gasteiger partial charge is 0.222 e. The van der Waals surface area contributed by atoms with Crippen molar-refractivity contribution in [3.8, 4) is 0 Å². The van der Waals surface area contributed by atoms with Crippen LogP contribution in [0.25, 0.3) is 0 Å². The summed E-state index contributed by atoms with van der Waals surface area (Å²) in [5, 5.41) is 5.63. The van der Waals surface area contributed by atoms with E-state index < -0.39 is 0 Å². The molecule has 2 amide bonds. The molecule has 0 rings (SSSR count). The Morgan fingerprint density at radius 1 is 1.28 bits per heavy atom. The highest BCUT2D eigenvalue weighted by atomic mass is 16.1. The summed E-state index contributed by atoms with van der Waals surface area (Å²) in [5.41, 5.74) is 0. The predicted molar refractivity (Wildman–Crippen MR) is 74.1 cm³/mol. The first-order chi connectivity index (χ1) is 8.49. The van der Waals surface area contributed by atoms with E-state index in [-0.39, 0.29) is 11.9 Å². The maximum Gasteiger partial charge on any atom is 0.222 e. The average molecular weight is 256 g/mol. The molecule has 0 heterocycles. The van der Waals surface area contributed by atoms with E-state index in [1.54, 1.807) is 0 Å². The molecule has 2 N–H and O–H groups in total. The number of amides is 2. The summed E-state index contributed by atoms with van der Waals surface area (Å²) in [5.74, 6) is 1.14. The summed E-state index contributed by atoms with van der Waals surface area (Å²) >= 11 is 0. The zero-order valence-electron chi connectivity index (χ0n) is 12.2. The van der Waals surface area contributed by atoms with E-state index in [0.717, 1.165) is 25.8 Å². The van der Waals surface area contributed by atoms with Crippen LogP contribution in [0.2, 0.25) is 0 Å². The second kappa shape index (κ2) is 9.92. The van der Waals surface area contributed by atoms with Gasteiger partial charge in [-0.05, 0) is 24.7 Å². The van der Waals surface area contributed by atoms with Gasteiger partial charge in [-0.1, -0.05) is 34.1 Å². The monoisotopic (exact) mass is 256 g/mol. The Kier molecular flexibility index (Phi) is 9.33. The third-order valence-corrected chi connectivity index (χ3v) is 3.15. The molecule has 18 heavy (non-hydrogen) atoms. The average Bonchev–Trinajstić information content (AvgIpc) is 2.28. The molecule has 0 aromatic rings. The first-order valence-corrected chi connectivity index (χ1v) is 6.95. The van der Waals surface area contributed by atoms with Gasteiger partial charge >= 0.3 is 0 Å². The van der Waals surface area contributed by atoms with Crippen molar-refractivity contribution in [3.63, 3.8) is 0 Å². The molecule has 0 saturated carbocycles. The van der Waals surface area contributed by atoms with Crippen LogP contribution in [0.5, 0.6) is 0 Å². The summed E-state index contributed by atoms with van der Waals surface area (Å²) in [6.07, 6.45) is 4.03. The van der Waals surface area contributed by atoms with Crippen molar-refractivity contribution in [3.05, 3.63) is 0 Å². The van der Waals surface area contributed by atoms with Crippen LogP contribution in [0.3, 0.4) is 0 Å². The number of hydrogen-bond donors (Lipinski definition) is 2. The fraction of sp³-hybridized carbons (Fsp3) is 0.857. The highest BCUT2D eigenvalue weighted by Gasteiger charge is 2.14. The molecule has 0 aliphatic heterocycles. The second-order valence-electron chi connectivity index (χ2n) is 5.47. The zero-order chi connectivity index (χ0) is 14.0. The molecular formula is C14H28N2O2. The van der Waals surface area contributed by atoms with Crippen LogP contribution < -0.4 is 10.6 Å². The molecule has 2 atom stereocenters. The lowest BCUT2D eigenvalue weighted by Gasteiger charge is -2.18. The lowest BCUT2D eigenvalue weighted by Crippen LogP contribution is -2.36. The van der Waals surface area contributed by atoms with Crippen LogP contribution in [0.15, 0.2) is 0 Å². The standard InChI is InChI=1S/C14H28N2O2/c1-5-12(4)6-7-15-14(18)9-13(16-10-17)8-11(2)3/h10-13H,5-9H2,1-4H3,(H,15,18)(H,16,17)/t12?,13-/m0/s1. The van der Waals surface area contributed by atoms with Crippen LogP contribution >= 0.6 is 0 Å². The quantitative estimate of drug-likeness (QED) is 0.588. The van der Waals surface area contributed by atoms with Crippen LogP contribution in [0.4, 0.5) is 0 Å². The number of nitrogens with one attached hydrogen (secondary N) is 2. The molecule has 4 heteroatoms. The third-order valence-electron chi connectivity index (χ3n) is 3.15. The molecular weight excluding hydrogens is 228 g/mol. The van der Waals surface area contributed by atoms with Gasteiger partial charge in [-0.2, -0.15) is 0 Å². The van der Waals surface area contributed by atoms with Crippen molar-refractivity contribution in [2.75, 3.05) is 6.54 Å². The van der Waals surface area contributed by atoms with Gasteiger partial charge in [0.25, 0.3) is 0 Å². The summed E-state index contributed by atoms with van der Waals surface area (Å²) in [7, 11) is 0. The highest BCUT2D eigenvalue weighted by molar-refractivity contribution is 5.76. The summed E-state index contributed by atoms with van der Waals surface area (Å²) in [6, 6.07) is -0.0499. The van der Waals surface area contributed by atoms with Crippen molar-refractivity contribution < 1.29 is 9.59 Å². The van der Waals surface area contributed by atoms with Gasteiger partial charge in [0.15, 0.2) is 0 Å². The molecule has 0 radical (unpaired) electrons. The first kappa shape index (κ1) is 16.9.